The molecule has 0 heterocycles. The van der Waals surface area contributed by atoms with E-state index < -0.39 is 0 Å². The molecule has 0 radical (unpaired) electrons. The van der Waals surface area contributed by atoms with Crippen molar-refractivity contribution in [2.45, 2.75) is 18.9 Å². The Kier molecular flexibility index (Phi) is 4.73. The van der Waals surface area contributed by atoms with Gasteiger partial charge < -0.3 is 5.11 Å². The lowest BCUT2D eigenvalue weighted by Gasteiger charge is -2.02. The van der Waals surface area contributed by atoms with Crippen LogP contribution >= 0.6 is 0 Å². The van der Waals surface area contributed by atoms with Crippen LogP contribution in [0, 0.1) is 0 Å². The van der Waals surface area contributed by atoms with E-state index in [1.54, 1.807) is 6.08 Å². The molecule has 0 aliphatic carbocycles. The highest BCUT2D eigenvalue weighted by atomic mass is 16.3. The summed E-state index contributed by atoms with van der Waals surface area (Å²) in [6, 6.07) is 10.1. The van der Waals surface area contributed by atoms with Gasteiger partial charge in [-0.2, -0.15) is 0 Å². The first-order chi connectivity index (χ1) is 6.83. The van der Waals surface area contributed by atoms with E-state index in [1.807, 2.05) is 42.5 Å². The lowest BCUT2D eigenvalue weighted by atomic mass is 10.1. The van der Waals surface area contributed by atoms with Crippen molar-refractivity contribution in [1.29, 1.82) is 0 Å². The highest BCUT2D eigenvalue weighted by Gasteiger charge is 1.96. The van der Waals surface area contributed by atoms with Crippen LogP contribution in [0.15, 0.2) is 49.1 Å². The number of aliphatic hydroxyl groups excluding tert-OH is 1. The fourth-order valence-corrected chi connectivity index (χ4v) is 1.21. The predicted molar refractivity (Wildman–Crippen MR) is 60.9 cm³/mol. The third kappa shape index (κ3) is 4.06. The second kappa shape index (κ2) is 6.17. The Morgan fingerprint density at radius 1 is 1.21 bits per heavy atom. The predicted octanol–water partition coefficient (Wildman–Crippen LogP) is 3.03. The van der Waals surface area contributed by atoms with Gasteiger partial charge in [-0.15, -0.1) is 6.58 Å². The molecule has 1 aromatic rings. The van der Waals surface area contributed by atoms with Gasteiger partial charge in [-0.05, 0) is 18.4 Å². The molecule has 0 aliphatic heterocycles. The molecule has 0 fully saturated rings. The molecule has 1 nitrogen and oxygen atoms in total. The lowest BCUT2D eigenvalue weighted by Crippen LogP contribution is -2.01. The first-order valence-electron chi connectivity index (χ1n) is 4.83. The number of benzene rings is 1. The summed E-state index contributed by atoms with van der Waals surface area (Å²) in [5.41, 5.74) is 1.17. The van der Waals surface area contributed by atoms with E-state index in [-0.39, 0.29) is 6.10 Å². The van der Waals surface area contributed by atoms with E-state index in [0.717, 1.165) is 0 Å². The zero-order valence-electron chi connectivity index (χ0n) is 8.26. The highest BCUT2D eigenvalue weighted by molar-refractivity contribution is 5.48. The van der Waals surface area contributed by atoms with Gasteiger partial charge in [0.25, 0.3) is 0 Å². The molecule has 0 aliphatic rings. The molecule has 1 heteroatoms. The molecule has 0 aromatic heterocycles. The van der Waals surface area contributed by atoms with Crippen LogP contribution in [-0.2, 0) is 0 Å². The number of aliphatic hydroxyl groups is 1. The van der Waals surface area contributed by atoms with Crippen LogP contribution in [0.5, 0.6) is 0 Å². The monoisotopic (exact) mass is 188 g/mol. The third-order valence-electron chi connectivity index (χ3n) is 1.96. The smallest absolute Gasteiger partial charge is 0.0609 e. The Labute approximate surface area is 85.4 Å². The Bertz CT molecular complexity index is 287. The van der Waals surface area contributed by atoms with Gasteiger partial charge in [0.2, 0.25) is 0 Å². The van der Waals surface area contributed by atoms with Crippen molar-refractivity contribution in [3.63, 3.8) is 0 Å². The summed E-state index contributed by atoms with van der Waals surface area (Å²) >= 11 is 0. The summed E-state index contributed by atoms with van der Waals surface area (Å²) < 4.78 is 0. The SMILES string of the molecule is C=CC[C@@H](O)C/C=C/c1ccccc1. The fraction of sp³-hybridized carbons (Fsp3) is 0.231. The van der Waals surface area contributed by atoms with Crippen molar-refractivity contribution < 1.29 is 5.11 Å². The Balaban J connectivity index is 2.37. The Hall–Kier alpha value is -1.34. The fourth-order valence-electron chi connectivity index (χ4n) is 1.21. The highest BCUT2D eigenvalue weighted by Crippen LogP contribution is 2.04. The van der Waals surface area contributed by atoms with Gasteiger partial charge in [0.1, 0.15) is 0 Å². The average Bonchev–Trinajstić information content (AvgIpc) is 2.20. The molecule has 1 rings (SSSR count). The van der Waals surface area contributed by atoms with Crippen molar-refractivity contribution in [3.05, 3.63) is 54.6 Å². The van der Waals surface area contributed by atoms with Crippen molar-refractivity contribution in [2.75, 3.05) is 0 Å². The van der Waals surface area contributed by atoms with E-state index in [0.29, 0.717) is 12.8 Å². The Morgan fingerprint density at radius 2 is 1.93 bits per heavy atom. The topological polar surface area (TPSA) is 20.2 Å². The molecule has 0 saturated carbocycles. The zero-order valence-corrected chi connectivity index (χ0v) is 8.26. The number of rotatable bonds is 5. The summed E-state index contributed by atoms with van der Waals surface area (Å²) in [5, 5.41) is 9.40. The number of hydrogen-bond acceptors (Lipinski definition) is 1. The maximum atomic E-state index is 9.40. The first kappa shape index (κ1) is 10.7. The number of hydrogen-bond donors (Lipinski definition) is 1. The molecule has 14 heavy (non-hydrogen) atoms. The summed E-state index contributed by atoms with van der Waals surface area (Å²) in [6.45, 7) is 3.58. The average molecular weight is 188 g/mol. The molecule has 0 bridgehead atoms. The molecule has 1 atom stereocenters. The van der Waals surface area contributed by atoms with E-state index in [9.17, 15) is 5.11 Å². The second-order valence-corrected chi connectivity index (χ2v) is 3.23. The molecule has 0 spiro atoms. The quantitative estimate of drug-likeness (QED) is 0.704. The van der Waals surface area contributed by atoms with E-state index in [2.05, 4.69) is 6.58 Å². The van der Waals surface area contributed by atoms with Gasteiger partial charge in [-0.3, -0.25) is 0 Å². The van der Waals surface area contributed by atoms with E-state index in [1.165, 1.54) is 5.56 Å². The second-order valence-electron chi connectivity index (χ2n) is 3.23. The third-order valence-corrected chi connectivity index (χ3v) is 1.96. The van der Waals surface area contributed by atoms with E-state index >= 15 is 0 Å². The normalized spacial score (nSPS) is 12.9. The van der Waals surface area contributed by atoms with Crippen molar-refractivity contribution in [1.82, 2.24) is 0 Å². The van der Waals surface area contributed by atoms with Crippen LogP contribution in [0.1, 0.15) is 18.4 Å². The minimum Gasteiger partial charge on any atom is -0.392 e. The molecular formula is C13H16O. The standard InChI is InChI=1S/C13H16O/c1-2-7-13(14)11-6-10-12-8-4-3-5-9-12/h2-6,8-10,13-14H,1,7,11H2/b10-6+/t13-/m1/s1. The van der Waals surface area contributed by atoms with Gasteiger partial charge in [-0.25, -0.2) is 0 Å². The molecule has 74 valence electrons. The van der Waals surface area contributed by atoms with Crippen LogP contribution in [0.25, 0.3) is 6.08 Å². The maximum Gasteiger partial charge on any atom is 0.0609 e. The molecule has 0 saturated heterocycles. The molecule has 1 aromatic carbocycles. The minimum atomic E-state index is -0.299. The van der Waals surface area contributed by atoms with Gasteiger partial charge in [-0.1, -0.05) is 48.6 Å². The summed E-state index contributed by atoms with van der Waals surface area (Å²) in [6.07, 6.45) is 6.78. The first-order valence-corrected chi connectivity index (χ1v) is 4.83. The summed E-state index contributed by atoms with van der Waals surface area (Å²) in [7, 11) is 0. The van der Waals surface area contributed by atoms with Crippen LogP contribution in [0.4, 0.5) is 0 Å². The maximum absolute atomic E-state index is 9.40. The zero-order chi connectivity index (χ0) is 10.2. The molecule has 1 N–H and O–H groups in total. The van der Waals surface area contributed by atoms with Crippen LogP contribution in [-0.4, -0.2) is 11.2 Å². The van der Waals surface area contributed by atoms with Crippen molar-refractivity contribution in [3.8, 4) is 0 Å². The van der Waals surface area contributed by atoms with Gasteiger partial charge in [0, 0.05) is 0 Å². The Morgan fingerprint density at radius 3 is 2.57 bits per heavy atom. The van der Waals surface area contributed by atoms with Crippen molar-refractivity contribution in [2.24, 2.45) is 0 Å². The van der Waals surface area contributed by atoms with Gasteiger partial charge in [0.05, 0.1) is 6.10 Å². The van der Waals surface area contributed by atoms with Crippen LogP contribution in [0.2, 0.25) is 0 Å². The van der Waals surface area contributed by atoms with Gasteiger partial charge in [0.15, 0.2) is 0 Å². The molecular weight excluding hydrogens is 172 g/mol. The van der Waals surface area contributed by atoms with Gasteiger partial charge >= 0.3 is 0 Å². The molecule has 0 unspecified atom stereocenters. The van der Waals surface area contributed by atoms with Crippen molar-refractivity contribution >= 4 is 6.08 Å². The molecule has 0 amide bonds. The summed E-state index contributed by atoms with van der Waals surface area (Å²) in [5.74, 6) is 0. The van der Waals surface area contributed by atoms with E-state index in [4.69, 9.17) is 0 Å². The summed E-state index contributed by atoms with van der Waals surface area (Å²) in [4.78, 5) is 0. The lowest BCUT2D eigenvalue weighted by molar-refractivity contribution is 0.181. The van der Waals surface area contributed by atoms with Crippen LogP contribution < -0.4 is 0 Å². The minimum absolute atomic E-state index is 0.299. The largest absolute Gasteiger partial charge is 0.392 e. The van der Waals surface area contributed by atoms with Crippen LogP contribution in [0.3, 0.4) is 0 Å².